The van der Waals surface area contributed by atoms with Gasteiger partial charge in [-0.2, -0.15) is 0 Å². The van der Waals surface area contributed by atoms with Crippen molar-refractivity contribution >= 4 is 22.7 Å². The fourth-order valence-electron chi connectivity index (χ4n) is 2.74. The van der Waals surface area contributed by atoms with E-state index in [0.29, 0.717) is 32.6 Å². The van der Waals surface area contributed by atoms with Crippen molar-refractivity contribution in [3.05, 3.63) is 59.5 Å². The molecule has 0 aliphatic heterocycles. The Morgan fingerprint density at radius 3 is 2.25 bits per heavy atom. The molecule has 1 unspecified atom stereocenters. The summed E-state index contributed by atoms with van der Waals surface area (Å²) < 4.78 is 41.1. The van der Waals surface area contributed by atoms with E-state index >= 15 is 0 Å². The SMILES string of the molecule is CSc1c(-c2cc(F)cc(F)c2)c(C(C)N)nc2ccc(F)cc12. The summed E-state index contributed by atoms with van der Waals surface area (Å²) in [5, 5.41) is 0.589. The number of nitrogens with two attached hydrogens (primary N) is 1. The molecule has 3 aromatic rings. The first-order chi connectivity index (χ1) is 11.4. The number of thioether (sulfide) groups is 1. The van der Waals surface area contributed by atoms with Crippen LogP contribution in [0.5, 0.6) is 0 Å². The lowest BCUT2D eigenvalue weighted by molar-refractivity contribution is 0.584. The third kappa shape index (κ3) is 2.99. The summed E-state index contributed by atoms with van der Waals surface area (Å²) in [6, 6.07) is 7.10. The molecule has 2 aromatic carbocycles. The van der Waals surface area contributed by atoms with Gasteiger partial charge in [0.15, 0.2) is 0 Å². The predicted molar refractivity (Wildman–Crippen MR) is 91.4 cm³/mol. The van der Waals surface area contributed by atoms with Gasteiger partial charge in [-0.25, -0.2) is 13.2 Å². The molecule has 3 rings (SSSR count). The minimum atomic E-state index is -0.688. The van der Waals surface area contributed by atoms with Crippen LogP contribution in [0.15, 0.2) is 41.3 Å². The van der Waals surface area contributed by atoms with Gasteiger partial charge < -0.3 is 5.73 Å². The zero-order chi connectivity index (χ0) is 17.4. The van der Waals surface area contributed by atoms with Crippen molar-refractivity contribution in [1.29, 1.82) is 0 Å². The zero-order valence-electron chi connectivity index (χ0n) is 13.1. The van der Waals surface area contributed by atoms with Crippen LogP contribution in [-0.4, -0.2) is 11.2 Å². The molecule has 0 saturated carbocycles. The number of hydrogen-bond acceptors (Lipinski definition) is 3. The Morgan fingerprint density at radius 2 is 1.67 bits per heavy atom. The molecule has 2 nitrogen and oxygen atoms in total. The molecule has 1 atom stereocenters. The van der Waals surface area contributed by atoms with Crippen LogP contribution in [-0.2, 0) is 0 Å². The van der Waals surface area contributed by atoms with Crippen LogP contribution in [0, 0.1) is 17.5 Å². The van der Waals surface area contributed by atoms with Gasteiger partial charge in [0.25, 0.3) is 0 Å². The van der Waals surface area contributed by atoms with Crippen LogP contribution in [0.1, 0.15) is 18.7 Å². The molecule has 24 heavy (non-hydrogen) atoms. The molecule has 6 heteroatoms. The van der Waals surface area contributed by atoms with Crippen LogP contribution < -0.4 is 5.73 Å². The summed E-state index contributed by atoms with van der Waals surface area (Å²) in [5.74, 6) is -1.77. The Hall–Kier alpha value is -2.05. The standard InChI is InChI=1S/C18H15F3N2S/c1-9(22)17-16(10-5-12(20)7-13(21)6-10)18(24-2)14-8-11(19)3-4-15(14)23-17/h3-9H,22H2,1-2H3. The Morgan fingerprint density at radius 1 is 1.00 bits per heavy atom. The average Bonchev–Trinajstić information content (AvgIpc) is 2.51. The Bertz CT molecular complexity index is 906. The molecule has 0 spiro atoms. The zero-order valence-corrected chi connectivity index (χ0v) is 13.9. The van der Waals surface area contributed by atoms with E-state index in [2.05, 4.69) is 4.98 Å². The van der Waals surface area contributed by atoms with E-state index in [1.54, 1.807) is 13.0 Å². The lowest BCUT2D eigenvalue weighted by Crippen LogP contribution is -2.11. The van der Waals surface area contributed by atoms with Crippen LogP contribution in [0.4, 0.5) is 13.2 Å². The molecule has 124 valence electrons. The normalized spacial score (nSPS) is 12.6. The lowest BCUT2D eigenvalue weighted by Gasteiger charge is -2.18. The summed E-state index contributed by atoms with van der Waals surface area (Å²) in [7, 11) is 0. The number of benzene rings is 2. The molecule has 1 aromatic heterocycles. The second kappa shape index (κ2) is 6.45. The number of halogens is 3. The van der Waals surface area contributed by atoms with Gasteiger partial charge in [0.2, 0.25) is 0 Å². The van der Waals surface area contributed by atoms with Crippen LogP contribution >= 0.6 is 11.8 Å². The van der Waals surface area contributed by atoms with Gasteiger partial charge in [0.05, 0.1) is 11.2 Å². The van der Waals surface area contributed by atoms with Crippen LogP contribution in [0.3, 0.4) is 0 Å². The molecular weight excluding hydrogens is 333 g/mol. The maximum atomic E-state index is 13.7. The summed E-state index contributed by atoms with van der Waals surface area (Å²) >= 11 is 1.36. The first-order valence-corrected chi connectivity index (χ1v) is 8.52. The second-order valence-corrected chi connectivity index (χ2v) is 6.33. The van der Waals surface area contributed by atoms with Gasteiger partial charge in [-0.1, -0.05) is 0 Å². The number of fused-ring (bicyclic) bond motifs is 1. The van der Waals surface area contributed by atoms with Crippen LogP contribution in [0.25, 0.3) is 22.0 Å². The summed E-state index contributed by atoms with van der Waals surface area (Å²) in [5.41, 5.74) is 8.02. The third-order valence-corrected chi connectivity index (χ3v) is 4.55. The van der Waals surface area contributed by atoms with Gasteiger partial charge >= 0.3 is 0 Å². The summed E-state index contributed by atoms with van der Waals surface area (Å²) in [6.07, 6.45) is 1.82. The Labute approximate surface area is 141 Å². The third-order valence-electron chi connectivity index (χ3n) is 3.71. The van der Waals surface area contributed by atoms with Crippen molar-refractivity contribution in [2.75, 3.05) is 6.26 Å². The van der Waals surface area contributed by atoms with Crippen molar-refractivity contribution in [1.82, 2.24) is 4.98 Å². The van der Waals surface area contributed by atoms with E-state index in [1.165, 1.54) is 36.0 Å². The summed E-state index contributed by atoms with van der Waals surface area (Å²) in [6.45, 7) is 1.75. The molecule has 0 aliphatic carbocycles. The first kappa shape index (κ1) is 16.8. The van der Waals surface area contributed by atoms with Gasteiger partial charge in [-0.3, -0.25) is 4.98 Å². The highest BCUT2D eigenvalue weighted by Gasteiger charge is 2.20. The number of nitrogens with zero attached hydrogens (tertiary/aromatic N) is 1. The minimum absolute atomic E-state index is 0.336. The monoisotopic (exact) mass is 348 g/mol. The Kier molecular flexibility index (Phi) is 4.51. The van der Waals surface area contributed by atoms with Crippen LogP contribution in [0.2, 0.25) is 0 Å². The second-order valence-electron chi connectivity index (χ2n) is 5.51. The topological polar surface area (TPSA) is 38.9 Å². The van der Waals surface area contributed by atoms with E-state index in [1.807, 2.05) is 6.26 Å². The van der Waals surface area contributed by atoms with Gasteiger partial charge in [-0.05, 0) is 49.1 Å². The van der Waals surface area contributed by atoms with E-state index in [-0.39, 0.29) is 0 Å². The molecule has 0 saturated heterocycles. The van der Waals surface area contributed by atoms with Gasteiger partial charge in [0.1, 0.15) is 17.5 Å². The molecule has 0 fully saturated rings. The number of rotatable bonds is 3. The molecule has 0 radical (unpaired) electrons. The maximum absolute atomic E-state index is 13.7. The highest BCUT2D eigenvalue weighted by Crippen LogP contribution is 2.40. The van der Waals surface area contributed by atoms with E-state index in [0.717, 1.165) is 6.07 Å². The van der Waals surface area contributed by atoms with Crippen molar-refractivity contribution in [3.8, 4) is 11.1 Å². The number of aromatic nitrogens is 1. The molecule has 0 aliphatic rings. The number of pyridine rings is 1. The van der Waals surface area contributed by atoms with E-state index < -0.39 is 23.5 Å². The van der Waals surface area contributed by atoms with E-state index in [4.69, 9.17) is 5.73 Å². The van der Waals surface area contributed by atoms with Gasteiger partial charge in [0, 0.05) is 28.0 Å². The lowest BCUT2D eigenvalue weighted by atomic mass is 9.98. The Balaban J connectivity index is 2.45. The van der Waals surface area contributed by atoms with Crippen molar-refractivity contribution in [2.24, 2.45) is 5.73 Å². The quantitative estimate of drug-likeness (QED) is 0.672. The molecular formula is C18H15F3N2S. The molecule has 0 amide bonds. The van der Waals surface area contributed by atoms with E-state index in [9.17, 15) is 13.2 Å². The predicted octanol–water partition coefficient (Wildman–Crippen LogP) is 5.06. The maximum Gasteiger partial charge on any atom is 0.126 e. The fourth-order valence-corrected chi connectivity index (χ4v) is 3.55. The highest BCUT2D eigenvalue weighted by atomic mass is 32.2. The molecule has 0 bridgehead atoms. The smallest absolute Gasteiger partial charge is 0.126 e. The van der Waals surface area contributed by atoms with Crippen molar-refractivity contribution < 1.29 is 13.2 Å². The average molecular weight is 348 g/mol. The van der Waals surface area contributed by atoms with Gasteiger partial charge in [-0.15, -0.1) is 11.8 Å². The fraction of sp³-hybridized carbons (Fsp3) is 0.167. The number of hydrogen-bond donors (Lipinski definition) is 1. The largest absolute Gasteiger partial charge is 0.323 e. The summed E-state index contributed by atoms with van der Waals surface area (Å²) in [4.78, 5) is 5.20. The first-order valence-electron chi connectivity index (χ1n) is 7.30. The highest BCUT2D eigenvalue weighted by molar-refractivity contribution is 7.99. The minimum Gasteiger partial charge on any atom is -0.323 e. The van der Waals surface area contributed by atoms with Crippen molar-refractivity contribution in [2.45, 2.75) is 17.9 Å². The molecule has 1 heterocycles. The molecule has 2 N–H and O–H groups in total. The van der Waals surface area contributed by atoms with Crippen molar-refractivity contribution in [3.63, 3.8) is 0 Å².